The van der Waals surface area contributed by atoms with Gasteiger partial charge in [0.25, 0.3) is 5.91 Å². The summed E-state index contributed by atoms with van der Waals surface area (Å²) in [6.07, 6.45) is 4.87. The summed E-state index contributed by atoms with van der Waals surface area (Å²) in [7, 11) is -1.54. The van der Waals surface area contributed by atoms with Crippen molar-refractivity contribution in [1.82, 2.24) is 19.4 Å². The molecule has 25 heavy (non-hydrogen) atoms. The molecule has 1 saturated heterocycles. The minimum Gasteiger partial charge on any atom is -0.338 e. The van der Waals surface area contributed by atoms with Crippen molar-refractivity contribution in [2.75, 3.05) is 18.8 Å². The number of carbonyl (C=O) groups excluding carboxylic acids is 1. The lowest BCUT2D eigenvalue weighted by molar-refractivity contribution is 0.0703. The Morgan fingerprint density at radius 3 is 2.76 bits per heavy atom. The van der Waals surface area contributed by atoms with Crippen LogP contribution in [0.5, 0.6) is 0 Å². The predicted octanol–water partition coefficient (Wildman–Crippen LogP) is 1.45. The van der Waals surface area contributed by atoms with E-state index in [0.717, 1.165) is 10.4 Å². The predicted molar refractivity (Wildman–Crippen MR) is 96.8 cm³/mol. The van der Waals surface area contributed by atoms with Gasteiger partial charge in [0, 0.05) is 38.4 Å². The van der Waals surface area contributed by atoms with Crippen molar-refractivity contribution in [3.05, 3.63) is 40.3 Å². The summed E-state index contributed by atoms with van der Waals surface area (Å²) in [6, 6.07) is 3.69. The number of aromatic nitrogens is 2. The summed E-state index contributed by atoms with van der Waals surface area (Å²) in [4.78, 5) is 14.9. The minimum absolute atomic E-state index is 0.0472. The maximum Gasteiger partial charge on any atom is 0.263 e. The van der Waals surface area contributed by atoms with Gasteiger partial charge >= 0.3 is 0 Å². The third-order valence-electron chi connectivity index (χ3n) is 4.34. The molecule has 0 saturated carbocycles. The van der Waals surface area contributed by atoms with Gasteiger partial charge in [-0.15, -0.1) is 11.3 Å². The van der Waals surface area contributed by atoms with Crippen molar-refractivity contribution in [2.45, 2.75) is 19.4 Å². The number of thiophene rings is 1. The highest BCUT2D eigenvalue weighted by molar-refractivity contribution is 7.89. The molecule has 1 aliphatic heterocycles. The Morgan fingerprint density at radius 1 is 1.40 bits per heavy atom. The first-order valence-electron chi connectivity index (χ1n) is 8.20. The van der Waals surface area contributed by atoms with Crippen LogP contribution in [0.4, 0.5) is 0 Å². The highest BCUT2D eigenvalue weighted by Gasteiger charge is 2.27. The summed E-state index contributed by atoms with van der Waals surface area (Å²) in [6.45, 7) is 1.48. The lowest BCUT2D eigenvalue weighted by Gasteiger charge is -2.31. The van der Waals surface area contributed by atoms with E-state index in [9.17, 15) is 13.2 Å². The Hall–Kier alpha value is -1.71. The first kappa shape index (κ1) is 18.1. The smallest absolute Gasteiger partial charge is 0.263 e. The molecule has 0 aromatic carbocycles. The topological polar surface area (TPSA) is 84.3 Å². The van der Waals surface area contributed by atoms with Crippen LogP contribution in [0.15, 0.2) is 29.9 Å². The van der Waals surface area contributed by atoms with Gasteiger partial charge in [-0.05, 0) is 30.2 Å². The molecule has 3 heterocycles. The standard InChI is InChI=1S/C16H22N4O3S2/c1-19-11-14(9-17-19)10-18-25(22,23)12-13-4-6-20(7-5-13)16(21)15-3-2-8-24-15/h2-3,8-9,11,13,18H,4-7,10,12H2,1H3. The lowest BCUT2D eigenvalue weighted by Crippen LogP contribution is -2.40. The third-order valence-corrected chi connectivity index (χ3v) is 6.70. The fourth-order valence-corrected chi connectivity index (χ4v) is 5.13. The van der Waals surface area contributed by atoms with Crippen LogP contribution in [0.3, 0.4) is 0 Å². The zero-order valence-corrected chi connectivity index (χ0v) is 15.7. The number of nitrogens with zero attached hydrogens (tertiary/aromatic N) is 3. The second-order valence-corrected chi connectivity index (χ2v) is 9.14. The Morgan fingerprint density at radius 2 is 2.16 bits per heavy atom. The number of hydrogen-bond donors (Lipinski definition) is 1. The van der Waals surface area contributed by atoms with Gasteiger partial charge in [-0.3, -0.25) is 9.48 Å². The molecule has 0 bridgehead atoms. The molecule has 3 rings (SSSR count). The number of piperidine rings is 1. The highest BCUT2D eigenvalue weighted by Crippen LogP contribution is 2.21. The van der Waals surface area contributed by atoms with Crippen LogP contribution in [-0.2, 0) is 23.6 Å². The molecule has 0 unspecified atom stereocenters. The van der Waals surface area contributed by atoms with Gasteiger partial charge in [-0.1, -0.05) is 6.07 Å². The molecule has 0 aliphatic carbocycles. The number of aryl methyl sites for hydroxylation is 1. The van der Waals surface area contributed by atoms with E-state index in [2.05, 4.69) is 9.82 Å². The molecule has 0 atom stereocenters. The van der Waals surface area contributed by atoms with Crippen LogP contribution >= 0.6 is 11.3 Å². The van der Waals surface area contributed by atoms with Gasteiger partial charge in [-0.2, -0.15) is 5.10 Å². The lowest BCUT2D eigenvalue weighted by atomic mass is 9.99. The molecule has 2 aromatic heterocycles. The normalized spacial score (nSPS) is 16.3. The average molecular weight is 383 g/mol. The van der Waals surface area contributed by atoms with Gasteiger partial charge in [0.05, 0.1) is 16.8 Å². The molecule has 1 amide bonds. The Kier molecular flexibility index (Phi) is 5.55. The molecule has 2 aromatic rings. The molecule has 9 heteroatoms. The van der Waals surface area contributed by atoms with Crippen molar-refractivity contribution in [2.24, 2.45) is 13.0 Å². The molecule has 136 valence electrons. The Labute approximate surface area is 151 Å². The zero-order chi connectivity index (χ0) is 17.9. The van der Waals surface area contributed by atoms with Crippen molar-refractivity contribution < 1.29 is 13.2 Å². The maximum absolute atomic E-state index is 12.3. The van der Waals surface area contributed by atoms with E-state index in [0.29, 0.717) is 25.9 Å². The molecule has 1 aliphatic rings. The van der Waals surface area contributed by atoms with E-state index in [1.807, 2.05) is 22.4 Å². The first-order valence-corrected chi connectivity index (χ1v) is 10.7. The van der Waals surface area contributed by atoms with Crippen molar-refractivity contribution in [1.29, 1.82) is 0 Å². The van der Waals surface area contributed by atoms with Crippen LogP contribution in [0, 0.1) is 5.92 Å². The Balaban J connectivity index is 1.47. The summed E-state index contributed by atoms with van der Waals surface area (Å²) < 4.78 is 28.8. The summed E-state index contributed by atoms with van der Waals surface area (Å²) in [5.74, 6) is 0.235. The van der Waals surface area contributed by atoms with Crippen molar-refractivity contribution in [3.63, 3.8) is 0 Å². The number of rotatable bonds is 6. The first-order chi connectivity index (χ1) is 11.9. The number of nitrogens with one attached hydrogen (secondary N) is 1. The van der Waals surface area contributed by atoms with Crippen LogP contribution < -0.4 is 4.72 Å². The van der Waals surface area contributed by atoms with Crippen molar-refractivity contribution >= 4 is 27.3 Å². The van der Waals surface area contributed by atoms with E-state index in [1.54, 1.807) is 24.1 Å². The van der Waals surface area contributed by atoms with E-state index in [4.69, 9.17) is 0 Å². The van der Waals surface area contributed by atoms with E-state index in [-0.39, 0.29) is 24.1 Å². The fraction of sp³-hybridized carbons (Fsp3) is 0.500. The summed E-state index contributed by atoms with van der Waals surface area (Å²) in [5.41, 5.74) is 0.836. The molecule has 0 spiro atoms. The molecular formula is C16H22N4O3S2. The average Bonchev–Trinajstić information content (AvgIpc) is 3.24. The second kappa shape index (κ2) is 7.67. The number of amides is 1. The second-order valence-electron chi connectivity index (χ2n) is 6.34. The quantitative estimate of drug-likeness (QED) is 0.820. The summed E-state index contributed by atoms with van der Waals surface area (Å²) >= 11 is 1.44. The van der Waals surface area contributed by atoms with E-state index >= 15 is 0 Å². The van der Waals surface area contributed by atoms with E-state index < -0.39 is 10.0 Å². The van der Waals surface area contributed by atoms with Crippen LogP contribution in [0.1, 0.15) is 28.1 Å². The largest absolute Gasteiger partial charge is 0.338 e. The molecule has 1 fully saturated rings. The Bertz CT molecular complexity index is 806. The SMILES string of the molecule is Cn1cc(CNS(=O)(=O)CC2CCN(C(=O)c3cccs3)CC2)cn1. The fourth-order valence-electron chi connectivity index (χ4n) is 2.98. The number of sulfonamides is 1. The molecular weight excluding hydrogens is 360 g/mol. The van der Waals surface area contributed by atoms with Gasteiger partial charge in [0.15, 0.2) is 0 Å². The van der Waals surface area contributed by atoms with Gasteiger partial charge < -0.3 is 4.90 Å². The molecule has 7 nitrogen and oxygen atoms in total. The third kappa shape index (κ3) is 4.90. The maximum atomic E-state index is 12.3. The van der Waals surface area contributed by atoms with E-state index in [1.165, 1.54) is 11.3 Å². The number of hydrogen-bond acceptors (Lipinski definition) is 5. The van der Waals surface area contributed by atoms with Gasteiger partial charge in [0.1, 0.15) is 0 Å². The van der Waals surface area contributed by atoms with Crippen LogP contribution in [0.2, 0.25) is 0 Å². The minimum atomic E-state index is -3.34. The number of likely N-dealkylation sites (tertiary alicyclic amines) is 1. The van der Waals surface area contributed by atoms with Crippen LogP contribution in [0.25, 0.3) is 0 Å². The monoisotopic (exact) mass is 382 g/mol. The zero-order valence-electron chi connectivity index (χ0n) is 14.1. The van der Waals surface area contributed by atoms with Gasteiger partial charge in [-0.25, -0.2) is 13.1 Å². The van der Waals surface area contributed by atoms with Crippen LogP contribution in [-0.4, -0.2) is 47.8 Å². The molecule has 0 radical (unpaired) electrons. The van der Waals surface area contributed by atoms with Gasteiger partial charge in [0.2, 0.25) is 10.0 Å². The van der Waals surface area contributed by atoms with Crippen molar-refractivity contribution in [3.8, 4) is 0 Å². The highest BCUT2D eigenvalue weighted by atomic mass is 32.2. The molecule has 1 N–H and O–H groups in total. The summed E-state index contributed by atoms with van der Waals surface area (Å²) in [5, 5.41) is 5.91. The number of carbonyl (C=O) groups is 1.